The van der Waals surface area contributed by atoms with E-state index in [4.69, 9.17) is 23.2 Å². The van der Waals surface area contributed by atoms with Gasteiger partial charge < -0.3 is 10.2 Å². The first-order chi connectivity index (χ1) is 10.0. The summed E-state index contributed by atoms with van der Waals surface area (Å²) in [6.45, 7) is 3.70. The molecule has 0 bridgehead atoms. The number of amides is 1. The molecule has 3 nitrogen and oxygen atoms in total. The van der Waals surface area contributed by atoms with Gasteiger partial charge in [-0.2, -0.15) is 0 Å². The van der Waals surface area contributed by atoms with Gasteiger partial charge in [0.15, 0.2) is 0 Å². The van der Waals surface area contributed by atoms with Crippen LogP contribution in [0.1, 0.15) is 25.3 Å². The van der Waals surface area contributed by atoms with Crippen LogP contribution in [0.15, 0.2) is 18.2 Å². The molecule has 124 valence electrons. The third-order valence-electron chi connectivity index (χ3n) is 4.06. The van der Waals surface area contributed by atoms with E-state index in [0.717, 1.165) is 31.5 Å². The predicted molar refractivity (Wildman–Crippen MR) is 95.2 cm³/mol. The van der Waals surface area contributed by atoms with Crippen molar-refractivity contribution in [3.05, 3.63) is 33.8 Å². The molecular formula is C16H23Cl3N2O. The number of nitrogens with one attached hydrogen (secondary N) is 1. The number of rotatable bonds is 5. The van der Waals surface area contributed by atoms with Crippen LogP contribution in [-0.4, -0.2) is 37.0 Å². The molecule has 1 aliphatic heterocycles. The topological polar surface area (TPSA) is 32.3 Å². The lowest BCUT2D eigenvalue weighted by Gasteiger charge is -2.27. The molecule has 1 aliphatic rings. The van der Waals surface area contributed by atoms with Gasteiger partial charge in [0.1, 0.15) is 0 Å². The Balaban J connectivity index is 0.00000242. The van der Waals surface area contributed by atoms with Crippen molar-refractivity contribution in [2.75, 3.05) is 20.1 Å². The van der Waals surface area contributed by atoms with E-state index in [2.05, 4.69) is 5.32 Å². The van der Waals surface area contributed by atoms with Crippen molar-refractivity contribution >= 4 is 41.5 Å². The molecule has 1 amide bonds. The molecule has 0 saturated carbocycles. The molecule has 1 N–H and O–H groups in total. The van der Waals surface area contributed by atoms with Crippen molar-refractivity contribution in [1.29, 1.82) is 0 Å². The quantitative estimate of drug-likeness (QED) is 0.860. The lowest BCUT2D eigenvalue weighted by atomic mass is 9.99. The Hall–Kier alpha value is -0.480. The molecular weight excluding hydrogens is 343 g/mol. The van der Waals surface area contributed by atoms with Gasteiger partial charge in [-0.05, 0) is 44.0 Å². The lowest BCUT2D eigenvalue weighted by molar-refractivity contribution is -0.135. The highest BCUT2D eigenvalue weighted by molar-refractivity contribution is 6.35. The number of halogens is 3. The molecule has 0 spiro atoms. The van der Waals surface area contributed by atoms with Crippen LogP contribution in [0.4, 0.5) is 0 Å². The number of hydrogen-bond donors (Lipinski definition) is 1. The Morgan fingerprint density at radius 2 is 2.18 bits per heavy atom. The lowest BCUT2D eigenvalue weighted by Crippen LogP contribution is -2.43. The number of benzene rings is 1. The Bertz CT molecular complexity index is 510. The molecule has 1 heterocycles. The summed E-state index contributed by atoms with van der Waals surface area (Å²) in [6.07, 6.45) is 2.82. The van der Waals surface area contributed by atoms with Crippen molar-refractivity contribution in [2.45, 2.75) is 32.2 Å². The van der Waals surface area contributed by atoms with Gasteiger partial charge in [0.25, 0.3) is 0 Å². The van der Waals surface area contributed by atoms with E-state index in [-0.39, 0.29) is 24.2 Å². The van der Waals surface area contributed by atoms with Crippen LogP contribution in [-0.2, 0) is 11.2 Å². The predicted octanol–water partition coefficient (Wildman–Crippen LogP) is 3.80. The van der Waals surface area contributed by atoms with Gasteiger partial charge in [-0.15, -0.1) is 12.4 Å². The van der Waals surface area contributed by atoms with Gasteiger partial charge in [-0.25, -0.2) is 0 Å². The first-order valence-electron chi connectivity index (χ1n) is 7.42. The smallest absolute Gasteiger partial charge is 0.226 e. The number of carbonyl (C=O) groups excluding carboxylic acids is 1. The average Bonchev–Trinajstić information content (AvgIpc) is 2.89. The fraction of sp³-hybridized carbons (Fsp3) is 0.562. The molecule has 6 heteroatoms. The average molecular weight is 366 g/mol. The monoisotopic (exact) mass is 364 g/mol. The summed E-state index contributed by atoms with van der Waals surface area (Å²) in [6, 6.07) is 5.78. The highest BCUT2D eigenvalue weighted by Crippen LogP contribution is 2.25. The summed E-state index contributed by atoms with van der Waals surface area (Å²) in [4.78, 5) is 14.7. The van der Waals surface area contributed by atoms with Crippen LogP contribution in [0.2, 0.25) is 10.0 Å². The highest BCUT2D eigenvalue weighted by Gasteiger charge is 2.30. The van der Waals surface area contributed by atoms with Crippen molar-refractivity contribution in [3.63, 3.8) is 0 Å². The molecule has 1 aromatic carbocycles. The minimum atomic E-state index is -0.0684. The molecule has 1 saturated heterocycles. The molecule has 2 atom stereocenters. The van der Waals surface area contributed by atoms with Crippen LogP contribution < -0.4 is 5.32 Å². The van der Waals surface area contributed by atoms with Crippen LogP contribution in [0.5, 0.6) is 0 Å². The zero-order chi connectivity index (χ0) is 15.4. The Labute approximate surface area is 148 Å². The first-order valence-corrected chi connectivity index (χ1v) is 8.17. The Kier molecular flexibility index (Phi) is 7.98. The zero-order valence-electron chi connectivity index (χ0n) is 12.9. The molecule has 1 fully saturated rings. The second-order valence-corrected chi connectivity index (χ2v) is 6.57. The van der Waals surface area contributed by atoms with Crippen LogP contribution in [0.25, 0.3) is 0 Å². The summed E-state index contributed by atoms with van der Waals surface area (Å²) >= 11 is 12.1. The molecule has 0 radical (unpaired) electrons. The van der Waals surface area contributed by atoms with Gasteiger partial charge in [0.2, 0.25) is 5.91 Å². The van der Waals surface area contributed by atoms with Gasteiger partial charge >= 0.3 is 0 Å². The van der Waals surface area contributed by atoms with Crippen molar-refractivity contribution in [2.24, 2.45) is 5.92 Å². The normalized spacial score (nSPS) is 18.9. The largest absolute Gasteiger partial charge is 0.338 e. The third-order valence-corrected chi connectivity index (χ3v) is 4.65. The molecule has 1 aromatic rings. The number of likely N-dealkylation sites (N-methyl/N-ethyl adjacent to an activating group) is 1. The van der Waals surface area contributed by atoms with Crippen LogP contribution in [0.3, 0.4) is 0 Å². The third kappa shape index (κ3) is 4.76. The standard InChI is InChI=1S/C16H22Cl2N2O.ClH/c1-11(8-12-5-6-13(17)9-15(12)18)16(21)20-7-3-4-14(20)10-19-2;/h5-6,9,11,14,19H,3-4,7-8,10H2,1-2H3;1H. The Morgan fingerprint density at radius 1 is 1.45 bits per heavy atom. The van der Waals surface area contributed by atoms with Gasteiger partial charge in [0.05, 0.1) is 0 Å². The maximum absolute atomic E-state index is 12.6. The van der Waals surface area contributed by atoms with E-state index in [0.29, 0.717) is 22.5 Å². The van der Waals surface area contributed by atoms with E-state index in [1.165, 1.54) is 0 Å². The minimum absolute atomic E-state index is 0. The second-order valence-electron chi connectivity index (χ2n) is 5.73. The number of nitrogens with zero attached hydrogens (tertiary/aromatic N) is 1. The van der Waals surface area contributed by atoms with E-state index < -0.39 is 0 Å². The SMILES string of the molecule is CNCC1CCCN1C(=O)C(C)Cc1ccc(Cl)cc1Cl.Cl. The zero-order valence-corrected chi connectivity index (χ0v) is 15.3. The first kappa shape index (κ1) is 19.6. The summed E-state index contributed by atoms with van der Waals surface area (Å²) in [5.41, 5.74) is 0.978. The van der Waals surface area contributed by atoms with Crippen molar-refractivity contribution in [1.82, 2.24) is 10.2 Å². The van der Waals surface area contributed by atoms with Crippen molar-refractivity contribution < 1.29 is 4.79 Å². The molecule has 2 rings (SSSR count). The molecule has 2 unspecified atom stereocenters. The van der Waals surface area contributed by atoms with E-state index in [1.807, 2.05) is 31.0 Å². The van der Waals surface area contributed by atoms with Gasteiger partial charge in [-0.1, -0.05) is 36.2 Å². The second kappa shape index (κ2) is 8.97. The summed E-state index contributed by atoms with van der Waals surface area (Å²) in [7, 11) is 1.93. The summed E-state index contributed by atoms with van der Waals surface area (Å²) in [5.74, 6) is 0.153. The molecule has 22 heavy (non-hydrogen) atoms. The fourth-order valence-corrected chi connectivity index (χ4v) is 3.45. The number of carbonyl (C=O) groups is 1. The van der Waals surface area contributed by atoms with E-state index >= 15 is 0 Å². The molecule has 0 aromatic heterocycles. The number of hydrogen-bond acceptors (Lipinski definition) is 2. The Morgan fingerprint density at radius 3 is 2.82 bits per heavy atom. The van der Waals surface area contributed by atoms with Crippen LogP contribution >= 0.6 is 35.6 Å². The van der Waals surface area contributed by atoms with Crippen molar-refractivity contribution in [3.8, 4) is 0 Å². The van der Waals surface area contributed by atoms with E-state index in [1.54, 1.807) is 6.07 Å². The molecule has 0 aliphatic carbocycles. The van der Waals surface area contributed by atoms with E-state index in [9.17, 15) is 4.79 Å². The highest BCUT2D eigenvalue weighted by atomic mass is 35.5. The van der Waals surface area contributed by atoms with Gasteiger partial charge in [-0.3, -0.25) is 4.79 Å². The maximum atomic E-state index is 12.6. The fourth-order valence-electron chi connectivity index (χ4n) is 2.96. The van der Waals surface area contributed by atoms with Crippen LogP contribution in [0, 0.1) is 5.92 Å². The summed E-state index contributed by atoms with van der Waals surface area (Å²) in [5, 5.41) is 4.43. The minimum Gasteiger partial charge on any atom is -0.338 e. The maximum Gasteiger partial charge on any atom is 0.226 e. The van der Waals surface area contributed by atoms with Gasteiger partial charge in [0, 0.05) is 35.1 Å². The summed E-state index contributed by atoms with van der Waals surface area (Å²) < 4.78 is 0. The number of likely N-dealkylation sites (tertiary alicyclic amines) is 1.